The third-order valence-electron chi connectivity index (χ3n) is 9.46. The largest absolute Gasteiger partial charge is 0.456 e. The number of aromatic nitrogens is 2. The van der Waals surface area contributed by atoms with Gasteiger partial charge in [0.2, 0.25) is 0 Å². The number of hydrogen-bond donors (Lipinski definition) is 0. The Bertz CT molecular complexity index is 2180. The Labute approximate surface area is 346 Å². The minimum absolute atomic E-state index is 0.0705. The molecule has 5 aromatic rings. The van der Waals surface area contributed by atoms with Crippen molar-refractivity contribution >= 4 is 46.0 Å². The van der Waals surface area contributed by atoms with Gasteiger partial charge in [-0.1, -0.05) is 44.2 Å². The predicted octanol–water partition coefficient (Wildman–Crippen LogP) is 9.85. The number of anilines is 1. The Morgan fingerprint density at radius 1 is 0.845 bits per heavy atom. The summed E-state index contributed by atoms with van der Waals surface area (Å²) in [6.45, 7) is 25.5. The minimum atomic E-state index is -0.696. The van der Waals surface area contributed by atoms with Crippen LogP contribution in [-0.2, 0) is 22.4 Å². The summed E-state index contributed by atoms with van der Waals surface area (Å²) >= 11 is 1.49. The molecule has 308 valence electrons. The van der Waals surface area contributed by atoms with Crippen molar-refractivity contribution < 1.29 is 28.6 Å². The van der Waals surface area contributed by atoms with Crippen LogP contribution in [0.5, 0.6) is 11.5 Å². The first-order valence-corrected chi connectivity index (χ1v) is 20.7. The van der Waals surface area contributed by atoms with Gasteiger partial charge in [0.15, 0.2) is 0 Å². The first kappa shape index (κ1) is 43.7. The molecule has 0 aliphatic carbocycles. The number of piperazine rings is 1. The molecule has 3 aromatic heterocycles. The average Bonchev–Trinajstić information content (AvgIpc) is 3.89. The topological polar surface area (TPSA) is 106 Å². The number of pyridine rings is 1. The van der Waals surface area contributed by atoms with Crippen molar-refractivity contribution in [3.05, 3.63) is 119 Å². The van der Waals surface area contributed by atoms with E-state index in [0.717, 1.165) is 49.7 Å². The minimum Gasteiger partial charge on any atom is -0.456 e. The molecule has 2 aromatic carbocycles. The number of benzene rings is 2. The zero-order valence-electron chi connectivity index (χ0n) is 35.1. The molecular formula is C46H57N5O6S. The summed E-state index contributed by atoms with van der Waals surface area (Å²) in [5.74, 6) is 0.359. The fourth-order valence-corrected chi connectivity index (χ4v) is 7.63. The Morgan fingerprint density at radius 2 is 1.53 bits per heavy atom. The van der Waals surface area contributed by atoms with E-state index < -0.39 is 23.3 Å². The third kappa shape index (κ3) is 10.7. The van der Waals surface area contributed by atoms with E-state index in [1.807, 2.05) is 91.1 Å². The zero-order chi connectivity index (χ0) is 42.2. The molecule has 2 aliphatic heterocycles. The molecule has 1 unspecified atom stereocenters. The number of esters is 1. The van der Waals surface area contributed by atoms with Crippen LogP contribution in [0.3, 0.4) is 0 Å². The lowest BCUT2D eigenvalue weighted by molar-refractivity contribution is 0.00667. The van der Waals surface area contributed by atoms with Crippen LogP contribution >= 0.6 is 11.3 Å². The first-order chi connectivity index (χ1) is 27.7. The second-order valence-corrected chi connectivity index (χ2v) is 16.8. The highest BCUT2D eigenvalue weighted by atomic mass is 32.1. The van der Waals surface area contributed by atoms with E-state index >= 15 is 0 Å². The Hall–Kier alpha value is -5.46. The van der Waals surface area contributed by atoms with E-state index in [4.69, 9.17) is 14.2 Å². The van der Waals surface area contributed by atoms with Crippen LogP contribution in [0.25, 0.3) is 11.0 Å². The van der Waals surface area contributed by atoms with E-state index in [0.29, 0.717) is 34.6 Å². The van der Waals surface area contributed by atoms with Gasteiger partial charge in [0.05, 0.1) is 11.1 Å². The van der Waals surface area contributed by atoms with Crippen molar-refractivity contribution in [2.75, 3.05) is 37.6 Å². The molecule has 2 aliphatic rings. The van der Waals surface area contributed by atoms with Gasteiger partial charge in [-0.15, -0.1) is 24.5 Å². The van der Waals surface area contributed by atoms with Crippen molar-refractivity contribution in [3.8, 4) is 11.5 Å². The standard InChI is InChI=1S/C42H47N5O6S.C2H6.C2H4/c1-41(2,3)52-39(49)34-14-13-31(24-35(34)51-33-23-29-15-16-46(37(29)43-25-33)40(50)53-42(4,5)6)45-19-17-44(18-20-45)27-32-22-28-10-7-8-11-30(28)26-47(32)38(48)36-12-9-21-54-36;2*1-2/h7-16,21,23-25,32H,17-20,22,26-27H2,1-6H3;1-2H3;1-2H2. The molecule has 1 saturated heterocycles. The number of carbonyl (C=O) groups excluding carboxylic acids is 3. The van der Waals surface area contributed by atoms with Crippen molar-refractivity contribution in [1.29, 1.82) is 0 Å². The SMILES string of the molecule is C=C.CC.CC(C)(C)OC(=O)c1ccc(N2CCN(CC3Cc4ccccc4CN3C(=O)c3cccs3)CC2)cc1Oc1cnc2c(ccn2C(=O)OC(C)(C)C)c1. The van der Waals surface area contributed by atoms with Crippen LogP contribution in [0.4, 0.5) is 10.5 Å². The summed E-state index contributed by atoms with van der Waals surface area (Å²) in [5.41, 5.74) is 2.83. The van der Waals surface area contributed by atoms with Gasteiger partial charge in [-0.2, -0.15) is 0 Å². The summed E-state index contributed by atoms with van der Waals surface area (Å²) in [6.07, 6.45) is 3.46. The van der Waals surface area contributed by atoms with Gasteiger partial charge in [-0.25, -0.2) is 19.1 Å². The van der Waals surface area contributed by atoms with E-state index in [9.17, 15) is 14.4 Å². The van der Waals surface area contributed by atoms with Gasteiger partial charge in [0, 0.05) is 68.6 Å². The van der Waals surface area contributed by atoms with Gasteiger partial charge >= 0.3 is 12.1 Å². The normalized spacial score (nSPS) is 15.6. The van der Waals surface area contributed by atoms with Crippen LogP contribution in [0.1, 0.15) is 86.5 Å². The molecule has 1 fully saturated rings. The van der Waals surface area contributed by atoms with Crippen molar-refractivity contribution in [1.82, 2.24) is 19.4 Å². The quantitative estimate of drug-likeness (QED) is 0.117. The number of carbonyl (C=O) groups is 3. The fourth-order valence-electron chi connectivity index (χ4n) is 6.96. The smallest absolute Gasteiger partial charge is 0.420 e. The average molecular weight is 808 g/mol. The Balaban J connectivity index is 0.00000155. The number of ether oxygens (including phenoxy) is 3. The van der Waals surface area contributed by atoms with Gasteiger partial charge < -0.3 is 24.0 Å². The van der Waals surface area contributed by atoms with E-state index in [2.05, 4.69) is 51.0 Å². The molecule has 11 nitrogen and oxygen atoms in total. The Kier molecular flexibility index (Phi) is 14.2. The van der Waals surface area contributed by atoms with Gasteiger partial charge in [-0.05, 0) is 94.8 Å². The molecule has 58 heavy (non-hydrogen) atoms. The zero-order valence-corrected chi connectivity index (χ0v) is 35.9. The molecule has 0 spiro atoms. The summed E-state index contributed by atoms with van der Waals surface area (Å²) in [6, 6.07) is 21.5. The number of fused-ring (bicyclic) bond motifs is 2. The molecule has 12 heteroatoms. The molecule has 0 N–H and O–H groups in total. The van der Waals surface area contributed by atoms with Crippen LogP contribution in [-0.4, -0.2) is 87.3 Å². The highest BCUT2D eigenvalue weighted by molar-refractivity contribution is 7.12. The van der Waals surface area contributed by atoms with Gasteiger partial charge in [0.1, 0.15) is 33.9 Å². The van der Waals surface area contributed by atoms with Crippen LogP contribution in [0.15, 0.2) is 97.7 Å². The highest BCUT2D eigenvalue weighted by Gasteiger charge is 2.33. The van der Waals surface area contributed by atoms with E-state index in [1.165, 1.54) is 33.2 Å². The first-order valence-electron chi connectivity index (χ1n) is 19.8. The van der Waals surface area contributed by atoms with Crippen LogP contribution < -0.4 is 9.64 Å². The lowest BCUT2D eigenvalue weighted by Crippen LogP contribution is -2.54. The van der Waals surface area contributed by atoms with Crippen molar-refractivity contribution in [2.24, 2.45) is 0 Å². The van der Waals surface area contributed by atoms with Crippen LogP contribution in [0.2, 0.25) is 0 Å². The maximum atomic E-state index is 13.7. The maximum absolute atomic E-state index is 13.7. The lowest BCUT2D eigenvalue weighted by Gasteiger charge is -2.42. The van der Waals surface area contributed by atoms with Gasteiger partial charge in [0.25, 0.3) is 5.91 Å². The predicted molar refractivity (Wildman–Crippen MR) is 232 cm³/mol. The second kappa shape index (κ2) is 18.9. The second-order valence-electron chi connectivity index (χ2n) is 15.9. The van der Waals surface area contributed by atoms with E-state index in [1.54, 1.807) is 24.4 Å². The molecule has 0 saturated carbocycles. The van der Waals surface area contributed by atoms with Crippen molar-refractivity contribution in [3.63, 3.8) is 0 Å². The highest BCUT2D eigenvalue weighted by Crippen LogP contribution is 2.34. The number of hydrogen-bond acceptors (Lipinski definition) is 10. The van der Waals surface area contributed by atoms with Gasteiger partial charge in [-0.3, -0.25) is 9.69 Å². The number of rotatable bonds is 7. The number of thiophene rings is 1. The molecular weight excluding hydrogens is 751 g/mol. The number of nitrogens with zero attached hydrogens (tertiary/aromatic N) is 5. The summed E-state index contributed by atoms with van der Waals surface area (Å²) in [5, 5.41) is 2.64. The van der Waals surface area contributed by atoms with Crippen molar-refractivity contribution in [2.45, 2.75) is 85.6 Å². The lowest BCUT2D eigenvalue weighted by atomic mass is 9.93. The summed E-state index contributed by atoms with van der Waals surface area (Å²) in [7, 11) is 0. The molecule has 5 heterocycles. The molecule has 1 amide bonds. The molecule has 7 rings (SSSR count). The summed E-state index contributed by atoms with van der Waals surface area (Å²) in [4.78, 5) is 51.9. The monoisotopic (exact) mass is 807 g/mol. The molecule has 1 atom stereocenters. The van der Waals surface area contributed by atoms with E-state index in [-0.39, 0.29) is 11.9 Å². The maximum Gasteiger partial charge on any atom is 0.420 e. The fraction of sp³-hybridized carbons (Fsp3) is 0.391. The summed E-state index contributed by atoms with van der Waals surface area (Å²) < 4.78 is 19.0. The third-order valence-corrected chi connectivity index (χ3v) is 10.3. The Morgan fingerprint density at radius 3 is 2.19 bits per heavy atom. The molecule has 0 radical (unpaired) electrons. The molecule has 0 bridgehead atoms. The van der Waals surface area contributed by atoms with Crippen LogP contribution in [0, 0.1) is 0 Å². The number of amides is 1.